The summed E-state index contributed by atoms with van der Waals surface area (Å²) in [7, 11) is 0. The van der Waals surface area contributed by atoms with E-state index >= 15 is 0 Å². The van der Waals surface area contributed by atoms with Crippen molar-refractivity contribution in [2.75, 3.05) is 0 Å². The third kappa shape index (κ3) is 2.50. The van der Waals surface area contributed by atoms with Crippen LogP contribution in [-0.4, -0.2) is 6.10 Å². The SMILES string of the molecule is N#COC1CCC(c2ccccc2)CC1. The molecule has 1 aliphatic rings. The molecule has 0 aliphatic heterocycles. The zero-order valence-electron chi connectivity index (χ0n) is 8.73. The highest BCUT2D eigenvalue weighted by atomic mass is 16.5. The molecule has 0 aromatic heterocycles. The Hall–Kier alpha value is -1.49. The molecule has 15 heavy (non-hydrogen) atoms. The zero-order chi connectivity index (χ0) is 10.5. The predicted molar refractivity (Wildman–Crippen MR) is 58.1 cm³/mol. The van der Waals surface area contributed by atoms with Crippen LogP contribution in [-0.2, 0) is 4.74 Å². The quantitative estimate of drug-likeness (QED) is 0.688. The molecule has 1 aromatic rings. The minimum Gasteiger partial charge on any atom is -0.424 e. The average molecular weight is 201 g/mol. The Morgan fingerprint density at radius 3 is 2.33 bits per heavy atom. The van der Waals surface area contributed by atoms with Gasteiger partial charge in [0.2, 0.25) is 0 Å². The van der Waals surface area contributed by atoms with Crippen molar-refractivity contribution in [1.29, 1.82) is 5.26 Å². The maximum absolute atomic E-state index is 8.43. The second-order valence-electron chi connectivity index (χ2n) is 4.09. The number of nitriles is 1. The molecule has 2 rings (SSSR count). The predicted octanol–water partition coefficient (Wildman–Crippen LogP) is 3.21. The lowest BCUT2D eigenvalue weighted by Gasteiger charge is -2.26. The van der Waals surface area contributed by atoms with Gasteiger partial charge in [0.25, 0.3) is 6.26 Å². The summed E-state index contributed by atoms with van der Waals surface area (Å²) in [6.45, 7) is 0. The van der Waals surface area contributed by atoms with Crippen molar-refractivity contribution in [2.24, 2.45) is 0 Å². The van der Waals surface area contributed by atoms with Gasteiger partial charge in [0.05, 0.1) is 0 Å². The van der Waals surface area contributed by atoms with Gasteiger partial charge in [-0.3, -0.25) is 0 Å². The van der Waals surface area contributed by atoms with E-state index in [1.54, 1.807) is 6.26 Å². The molecule has 2 nitrogen and oxygen atoms in total. The van der Waals surface area contributed by atoms with E-state index in [4.69, 9.17) is 10.00 Å². The average Bonchev–Trinajstić information content (AvgIpc) is 2.32. The summed E-state index contributed by atoms with van der Waals surface area (Å²) >= 11 is 0. The Kier molecular flexibility index (Phi) is 3.24. The summed E-state index contributed by atoms with van der Waals surface area (Å²) in [5.74, 6) is 0.657. The molecule has 0 atom stereocenters. The van der Waals surface area contributed by atoms with Crippen molar-refractivity contribution in [3.8, 4) is 6.26 Å². The Bertz CT molecular complexity index is 333. The Morgan fingerprint density at radius 2 is 1.73 bits per heavy atom. The number of hydrogen-bond donors (Lipinski definition) is 0. The molecule has 0 amide bonds. The van der Waals surface area contributed by atoms with Gasteiger partial charge in [-0.2, -0.15) is 5.26 Å². The summed E-state index contributed by atoms with van der Waals surface area (Å²) in [5.41, 5.74) is 1.42. The molecule has 0 bridgehead atoms. The second kappa shape index (κ2) is 4.84. The van der Waals surface area contributed by atoms with E-state index in [0.29, 0.717) is 5.92 Å². The lowest BCUT2D eigenvalue weighted by atomic mass is 9.83. The number of benzene rings is 1. The fourth-order valence-corrected chi connectivity index (χ4v) is 2.31. The smallest absolute Gasteiger partial charge is 0.286 e. The molecule has 1 saturated carbocycles. The fraction of sp³-hybridized carbons (Fsp3) is 0.462. The Morgan fingerprint density at radius 1 is 1.07 bits per heavy atom. The zero-order valence-corrected chi connectivity index (χ0v) is 8.73. The van der Waals surface area contributed by atoms with Gasteiger partial charge in [0, 0.05) is 0 Å². The van der Waals surface area contributed by atoms with Crippen LogP contribution >= 0.6 is 0 Å². The molecule has 0 N–H and O–H groups in total. The number of hydrogen-bond acceptors (Lipinski definition) is 2. The highest BCUT2D eigenvalue weighted by Crippen LogP contribution is 2.33. The van der Waals surface area contributed by atoms with E-state index in [0.717, 1.165) is 25.7 Å². The third-order valence-electron chi connectivity index (χ3n) is 3.16. The molecule has 2 heteroatoms. The van der Waals surface area contributed by atoms with Crippen LogP contribution in [0.3, 0.4) is 0 Å². The first-order valence-electron chi connectivity index (χ1n) is 5.50. The van der Waals surface area contributed by atoms with E-state index in [2.05, 4.69) is 24.3 Å². The van der Waals surface area contributed by atoms with Crippen molar-refractivity contribution in [2.45, 2.75) is 37.7 Å². The monoisotopic (exact) mass is 201 g/mol. The Labute approximate surface area is 90.5 Å². The van der Waals surface area contributed by atoms with Gasteiger partial charge >= 0.3 is 0 Å². The maximum Gasteiger partial charge on any atom is 0.286 e. The molecule has 78 valence electrons. The lowest BCUT2D eigenvalue weighted by molar-refractivity contribution is 0.113. The highest BCUT2D eigenvalue weighted by molar-refractivity contribution is 5.19. The molecule has 1 aliphatic carbocycles. The van der Waals surface area contributed by atoms with E-state index in [9.17, 15) is 0 Å². The van der Waals surface area contributed by atoms with Gasteiger partial charge in [-0.05, 0) is 37.2 Å². The molecule has 1 aromatic carbocycles. The number of ether oxygens (including phenoxy) is 1. The van der Waals surface area contributed by atoms with Crippen LogP contribution in [0.5, 0.6) is 0 Å². The number of nitrogens with zero attached hydrogens (tertiary/aromatic N) is 1. The van der Waals surface area contributed by atoms with Gasteiger partial charge in [-0.15, -0.1) is 0 Å². The molecule has 1 fully saturated rings. The van der Waals surface area contributed by atoms with Crippen LogP contribution in [0.4, 0.5) is 0 Å². The van der Waals surface area contributed by atoms with Crippen LogP contribution in [0.2, 0.25) is 0 Å². The molecule has 0 unspecified atom stereocenters. The molecular formula is C13H15NO. The van der Waals surface area contributed by atoms with Crippen LogP contribution in [0.15, 0.2) is 30.3 Å². The van der Waals surface area contributed by atoms with Crippen LogP contribution in [0, 0.1) is 11.5 Å². The number of rotatable bonds is 2. The third-order valence-corrected chi connectivity index (χ3v) is 3.16. The minimum atomic E-state index is 0.162. The van der Waals surface area contributed by atoms with Gasteiger partial charge in [0.15, 0.2) is 0 Å². The van der Waals surface area contributed by atoms with E-state index in [-0.39, 0.29) is 6.10 Å². The summed E-state index contributed by atoms with van der Waals surface area (Å²) in [4.78, 5) is 0. The van der Waals surface area contributed by atoms with Crippen molar-refractivity contribution in [3.63, 3.8) is 0 Å². The topological polar surface area (TPSA) is 33.0 Å². The largest absolute Gasteiger partial charge is 0.424 e. The molecule has 0 heterocycles. The first-order chi connectivity index (χ1) is 7.40. The lowest BCUT2D eigenvalue weighted by Crippen LogP contribution is -2.19. The first kappa shape index (κ1) is 10.0. The normalized spacial score (nSPS) is 25.5. The molecular weight excluding hydrogens is 186 g/mol. The van der Waals surface area contributed by atoms with Crippen molar-refractivity contribution < 1.29 is 4.74 Å². The van der Waals surface area contributed by atoms with Gasteiger partial charge in [-0.25, -0.2) is 0 Å². The molecule has 0 spiro atoms. The van der Waals surface area contributed by atoms with Gasteiger partial charge in [-0.1, -0.05) is 30.3 Å². The van der Waals surface area contributed by atoms with Crippen LogP contribution in [0.25, 0.3) is 0 Å². The summed E-state index contributed by atoms with van der Waals surface area (Å²) in [6.07, 6.45) is 6.24. The highest BCUT2D eigenvalue weighted by Gasteiger charge is 2.22. The van der Waals surface area contributed by atoms with Crippen molar-refractivity contribution in [3.05, 3.63) is 35.9 Å². The maximum atomic E-state index is 8.43. The summed E-state index contributed by atoms with van der Waals surface area (Å²) in [5, 5.41) is 8.43. The van der Waals surface area contributed by atoms with Crippen molar-refractivity contribution >= 4 is 0 Å². The second-order valence-corrected chi connectivity index (χ2v) is 4.09. The van der Waals surface area contributed by atoms with E-state index in [1.165, 1.54) is 5.56 Å². The van der Waals surface area contributed by atoms with Crippen molar-refractivity contribution in [1.82, 2.24) is 0 Å². The van der Waals surface area contributed by atoms with Crippen LogP contribution in [0.1, 0.15) is 37.2 Å². The fourth-order valence-electron chi connectivity index (χ4n) is 2.31. The molecule has 0 saturated heterocycles. The van der Waals surface area contributed by atoms with Gasteiger partial charge < -0.3 is 4.74 Å². The summed E-state index contributed by atoms with van der Waals surface area (Å²) < 4.78 is 4.97. The standard InChI is InChI=1S/C13H15NO/c14-10-15-13-8-6-12(7-9-13)11-4-2-1-3-5-11/h1-5,12-13H,6-9H2. The Balaban J connectivity index is 1.92. The molecule has 0 radical (unpaired) electrons. The minimum absolute atomic E-state index is 0.162. The van der Waals surface area contributed by atoms with Gasteiger partial charge in [0.1, 0.15) is 6.10 Å². The van der Waals surface area contributed by atoms with E-state index < -0.39 is 0 Å². The first-order valence-corrected chi connectivity index (χ1v) is 5.50. The van der Waals surface area contributed by atoms with Crippen LogP contribution < -0.4 is 0 Å². The summed E-state index contributed by atoms with van der Waals surface area (Å²) in [6, 6.07) is 10.6. The van der Waals surface area contributed by atoms with E-state index in [1.807, 2.05) is 6.07 Å².